The van der Waals surface area contributed by atoms with Crippen LogP contribution in [0.25, 0.3) is 66.5 Å². The zero-order valence-corrected chi connectivity index (χ0v) is 47.2. The Morgan fingerprint density at radius 1 is 0.457 bits per heavy atom. The fourth-order valence-electron chi connectivity index (χ4n) is 8.34. The molecule has 22 nitrogen and oxygen atoms in total. The van der Waals surface area contributed by atoms with E-state index in [1.807, 2.05) is 94.3 Å². The summed E-state index contributed by atoms with van der Waals surface area (Å²) >= 11 is 13.0. The van der Waals surface area contributed by atoms with Gasteiger partial charge in [-0.2, -0.15) is 35.3 Å². The van der Waals surface area contributed by atoms with Crippen LogP contribution in [-0.4, -0.2) is 84.9 Å². The maximum absolute atomic E-state index is 12.4. The van der Waals surface area contributed by atoms with Crippen LogP contribution >= 0.6 is 23.2 Å². The van der Waals surface area contributed by atoms with Crippen molar-refractivity contribution < 1.29 is 4.73 Å². The zero-order chi connectivity index (χ0) is 56.9. The summed E-state index contributed by atoms with van der Waals surface area (Å²) in [6, 6.07) is 20.6. The highest BCUT2D eigenvalue weighted by atomic mass is 35.5. The Bertz CT molecular complexity index is 4170. The average Bonchev–Trinajstić information content (AvgIpc) is 4.41. The fourth-order valence-corrected chi connectivity index (χ4v) is 8.89. The first-order valence-electron chi connectivity index (χ1n) is 25.7. The summed E-state index contributed by atoms with van der Waals surface area (Å²) in [4.78, 5) is 22.8. The second kappa shape index (κ2) is 23.7. The summed E-state index contributed by atoms with van der Waals surface area (Å²) in [5.41, 5.74) is 12.2. The number of anilines is 6. The topological polar surface area (TPSA) is 258 Å². The maximum atomic E-state index is 12.4. The van der Waals surface area contributed by atoms with E-state index in [9.17, 15) is 5.21 Å². The molecule has 3 N–H and O–H groups in total. The van der Waals surface area contributed by atoms with Crippen LogP contribution in [0.1, 0.15) is 76.0 Å². The van der Waals surface area contributed by atoms with Crippen LogP contribution < -0.4 is 20.7 Å². The Balaban J connectivity index is 0.000000136. The number of halogens is 2. The molecule has 12 aromatic heterocycles. The molecule has 0 unspecified atom stereocenters. The summed E-state index contributed by atoms with van der Waals surface area (Å²) in [5.74, 6) is 4.90. The number of hydrogen-bond acceptors (Lipinski definition) is 18. The van der Waals surface area contributed by atoms with Crippen molar-refractivity contribution in [1.82, 2.24) is 84.9 Å². The summed E-state index contributed by atoms with van der Waals surface area (Å²) in [5, 5.41) is 59.9. The summed E-state index contributed by atoms with van der Waals surface area (Å²) < 4.78 is 5.97. The standard InChI is InChI=1S/2C19H18ClN7.C19H19N7O/c1-11(2)12-6-18(26-21-8-12)25-17-5-4-15-16(23-17)7-14(19(20)24-15)13-9-22-27(3)10-13;1-11(2)12-6-17(26-22-7-12)24-16-5-4-15-19(25-16)18(20)14(9-21-15)13-8-23-27(3)10-13;1-12(2)13-7-19(24-20-8-13)23-18-5-4-17-16(22-18)6-14(11-26(17)27)15-9-21-25(3)10-15/h4-11H,1-3H3,(H,23,25,26);4-11H,1-3H3,(H,24,25,26);4-12H,1-3H3,(H,22,23,24). The van der Waals surface area contributed by atoms with Crippen LogP contribution in [0, 0.1) is 5.21 Å². The van der Waals surface area contributed by atoms with Gasteiger partial charge in [-0.15, -0.1) is 15.3 Å². The maximum Gasteiger partial charge on any atom is 0.242 e. The van der Waals surface area contributed by atoms with Crippen molar-refractivity contribution >= 4 is 91.2 Å². The molecule has 12 rings (SSSR count). The lowest BCUT2D eigenvalue weighted by molar-refractivity contribution is -0.576. The van der Waals surface area contributed by atoms with Gasteiger partial charge >= 0.3 is 0 Å². The number of aromatic nitrogens is 18. The molecule has 12 aromatic rings. The highest BCUT2D eigenvalue weighted by Crippen LogP contribution is 2.34. The smallest absolute Gasteiger partial charge is 0.242 e. The van der Waals surface area contributed by atoms with E-state index in [1.165, 1.54) is 6.20 Å². The Labute approximate surface area is 475 Å². The lowest BCUT2D eigenvalue weighted by atomic mass is 10.1. The van der Waals surface area contributed by atoms with Gasteiger partial charge in [0.15, 0.2) is 23.7 Å². The molecule has 0 amide bonds. The normalized spacial score (nSPS) is 11.3. The number of nitrogens with one attached hydrogen (secondary N) is 3. The zero-order valence-electron chi connectivity index (χ0n) is 45.6. The largest absolute Gasteiger partial charge is 0.618 e. The van der Waals surface area contributed by atoms with Crippen LogP contribution in [0.4, 0.5) is 34.9 Å². The molecule has 0 bridgehead atoms. The molecule has 81 heavy (non-hydrogen) atoms. The Morgan fingerprint density at radius 2 is 0.926 bits per heavy atom. The molecule has 0 aliphatic heterocycles. The predicted molar refractivity (Wildman–Crippen MR) is 315 cm³/mol. The number of rotatable bonds is 12. The minimum atomic E-state index is 0.354. The number of pyridine rings is 6. The van der Waals surface area contributed by atoms with E-state index in [0.717, 1.165) is 71.4 Å². The minimum Gasteiger partial charge on any atom is -0.618 e. The van der Waals surface area contributed by atoms with Crippen LogP contribution in [0.2, 0.25) is 10.2 Å². The van der Waals surface area contributed by atoms with Gasteiger partial charge in [-0.3, -0.25) is 19.0 Å². The van der Waals surface area contributed by atoms with Gasteiger partial charge in [0.2, 0.25) is 5.52 Å². The van der Waals surface area contributed by atoms with Crippen molar-refractivity contribution in [2.75, 3.05) is 16.0 Å². The SMILES string of the molecule is CC(C)c1cnnc(Nc2ccc3c(cc(-c4cnn(C)c4)c[n+]3[O-])n2)c1.CC(C)c1cnnc(Nc2ccc3nc(Cl)c(-c4cnn(C)c4)cc3n2)c1.CC(C)c1cnnc(Nc2ccc3ncc(-c4cnn(C)c4)c(Cl)c3n2)c1. The van der Waals surface area contributed by atoms with Gasteiger partial charge in [-0.05, 0) is 95.1 Å². The fraction of sp³-hybridized carbons (Fsp3) is 0.211. The monoisotopic (exact) mass is 1120 g/mol. The van der Waals surface area contributed by atoms with Crippen molar-refractivity contribution in [3.05, 3.63) is 167 Å². The first-order chi connectivity index (χ1) is 39.0. The second-order valence-corrected chi connectivity index (χ2v) is 20.7. The predicted octanol–water partition coefficient (Wildman–Crippen LogP) is 11.6. The highest BCUT2D eigenvalue weighted by Gasteiger charge is 2.16. The van der Waals surface area contributed by atoms with E-state index in [0.29, 0.717) is 79.4 Å². The van der Waals surface area contributed by atoms with Gasteiger partial charge in [-0.25, -0.2) is 19.9 Å². The van der Waals surface area contributed by atoms with Crippen molar-refractivity contribution in [1.29, 1.82) is 0 Å². The average molecular weight is 1120 g/mol. The summed E-state index contributed by atoms with van der Waals surface area (Å²) in [6.45, 7) is 12.7. The van der Waals surface area contributed by atoms with Crippen LogP contribution in [0.15, 0.2) is 135 Å². The van der Waals surface area contributed by atoms with Crippen LogP contribution in [0.5, 0.6) is 0 Å². The lowest BCUT2D eigenvalue weighted by Gasteiger charge is -2.10. The van der Waals surface area contributed by atoms with Crippen LogP contribution in [-0.2, 0) is 21.1 Å². The molecule has 24 heteroatoms. The van der Waals surface area contributed by atoms with Crippen LogP contribution in [0.3, 0.4) is 0 Å². The first-order valence-corrected chi connectivity index (χ1v) is 26.5. The van der Waals surface area contributed by atoms with E-state index in [2.05, 4.69) is 128 Å². The quantitative estimate of drug-likeness (QED) is 0.0583. The van der Waals surface area contributed by atoms with Gasteiger partial charge in [0, 0.05) is 79.8 Å². The third-order valence-electron chi connectivity index (χ3n) is 12.8. The Kier molecular flexibility index (Phi) is 16.0. The van der Waals surface area contributed by atoms with Crippen molar-refractivity contribution in [3.63, 3.8) is 0 Å². The molecular weight excluding hydrogens is 1070 g/mol. The van der Waals surface area contributed by atoms with Crippen molar-refractivity contribution in [2.45, 2.75) is 59.3 Å². The summed E-state index contributed by atoms with van der Waals surface area (Å²) in [6.07, 6.45) is 19.4. The molecule has 0 atom stereocenters. The third kappa shape index (κ3) is 12.9. The molecule has 408 valence electrons. The molecule has 0 aromatic carbocycles. The molecular formula is C57H55Cl2N21O. The van der Waals surface area contributed by atoms with E-state index in [1.54, 1.807) is 69.6 Å². The third-order valence-corrected chi connectivity index (χ3v) is 13.5. The second-order valence-electron chi connectivity index (χ2n) is 19.9. The highest BCUT2D eigenvalue weighted by molar-refractivity contribution is 6.37. The molecule has 0 aliphatic carbocycles. The lowest BCUT2D eigenvalue weighted by Crippen LogP contribution is -2.26. The van der Waals surface area contributed by atoms with Gasteiger partial charge in [0.1, 0.15) is 33.6 Å². The number of aryl methyl sites for hydroxylation is 3. The number of nitrogens with zero attached hydrogens (tertiary/aromatic N) is 18. The molecule has 0 radical (unpaired) electrons. The molecule has 0 saturated heterocycles. The Morgan fingerprint density at radius 3 is 1.43 bits per heavy atom. The molecule has 0 aliphatic rings. The van der Waals surface area contributed by atoms with E-state index in [-0.39, 0.29) is 0 Å². The van der Waals surface area contributed by atoms with Gasteiger partial charge in [0.25, 0.3) is 0 Å². The number of fused-ring (bicyclic) bond motifs is 3. The van der Waals surface area contributed by atoms with E-state index < -0.39 is 0 Å². The van der Waals surface area contributed by atoms with E-state index >= 15 is 0 Å². The van der Waals surface area contributed by atoms with Crippen molar-refractivity contribution in [3.8, 4) is 33.4 Å². The Hall–Kier alpha value is -9.67. The molecule has 0 fully saturated rings. The summed E-state index contributed by atoms with van der Waals surface area (Å²) in [7, 11) is 5.55. The molecule has 0 saturated carbocycles. The molecule has 12 heterocycles. The van der Waals surface area contributed by atoms with Gasteiger partial charge in [0.05, 0.1) is 64.3 Å². The minimum absolute atomic E-state index is 0.354. The van der Waals surface area contributed by atoms with Crippen molar-refractivity contribution in [2.24, 2.45) is 21.1 Å². The van der Waals surface area contributed by atoms with Gasteiger partial charge in [-0.1, -0.05) is 64.7 Å². The number of hydrogen-bond donors (Lipinski definition) is 3. The van der Waals surface area contributed by atoms with Gasteiger partial charge < -0.3 is 21.2 Å². The molecule has 0 spiro atoms. The first kappa shape index (κ1) is 54.7. The van der Waals surface area contributed by atoms with E-state index in [4.69, 9.17) is 23.2 Å².